The number of carbonyl (C=O) groups is 2. The zero-order valence-corrected chi connectivity index (χ0v) is 15.9. The molecule has 3 heterocycles. The standard InChI is InChI=1S/C21H17NO5S/c1-25-15-8-6-14(7-9-15)18-19(28-13-17-5-3-11-27-17)21(24)22(20(18)23)12-16-4-2-10-26-16/h2-11H,12-13H2,1H3. The molecule has 1 aliphatic rings. The number of rotatable bonds is 7. The van der Waals surface area contributed by atoms with Gasteiger partial charge in [0.1, 0.15) is 17.3 Å². The van der Waals surface area contributed by atoms with Gasteiger partial charge in [-0.1, -0.05) is 12.1 Å². The molecule has 0 saturated heterocycles. The third-order valence-electron chi connectivity index (χ3n) is 4.34. The third-order valence-corrected chi connectivity index (χ3v) is 5.43. The molecule has 1 aliphatic heterocycles. The van der Waals surface area contributed by atoms with Crippen LogP contribution >= 0.6 is 11.8 Å². The van der Waals surface area contributed by atoms with E-state index >= 15 is 0 Å². The molecule has 3 aromatic rings. The lowest BCUT2D eigenvalue weighted by Gasteiger charge is -2.13. The van der Waals surface area contributed by atoms with Gasteiger partial charge >= 0.3 is 0 Å². The number of thioether (sulfide) groups is 1. The Morgan fingerprint density at radius 2 is 1.61 bits per heavy atom. The van der Waals surface area contributed by atoms with Gasteiger partial charge in [-0.2, -0.15) is 0 Å². The zero-order chi connectivity index (χ0) is 19.5. The van der Waals surface area contributed by atoms with Crippen LogP contribution in [0.2, 0.25) is 0 Å². The van der Waals surface area contributed by atoms with Crippen molar-refractivity contribution in [2.75, 3.05) is 7.11 Å². The highest BCUT2D eigenvalue weighted by atomic mass is 32.2. The molecule has 0 atom stereocenters. The van der Waals surface area contributed by atoms with Crippen molar-refractivity contribution in [3.05, 3.63) is 83.0 Å². The van der Waals surface area contributed by atoms with Crippen LogP contribution in [-0.2, 0) is 21.9 Å². The second kappa shape index (κ2) is 7.82. The monoisotopic (exact) mass is 395 g/mol. The highest BCUT2D eigenvalue weighted by Crippen LogP contribution is 2.38. The summed E-state index contributed by atoms with van der Waals surface area (Å²) in [6.45, 7) is 0.0924. The van der Waals surface area contributed by atoms with Crippen LogP contribution in [0.5, 0.6) is 5.75 Å². The lowest BCUT2D eigenvalue weighted by atomic mass is 10.1. The first-order chi connectivity index (χ1) is 13.7. The van der Waals surface area contributed by atoms with Gasteiger partial charge in [0.25, 0.3) is 11.8 Å². The molecule has 0 N–H and O–H groups in total. The van der Waals surface area contributed by atoms with E-state index in [1.54, 1.807) is 55.8 Å². The third kappa shape index (κ3) is 3.48. The molecule has 1 aromatic carbocycles. The molecular formula is C21H17NO5S. The van der Waals surface area contributed by atoms with E-state index in [1.165, 1.54) is 22.9 Å². The first-order valence-electron chi connectivity index (χ1n) is 8.60. The molecule has 0 aliphatic carbocycles. The van der Waals surface area contributed by atoms with Crippen molar-refractivity contribution < 1.29 is 23.2 Å². The number of amides is 2. The quantitative estimate of drug-likeness (QED) is 0.561. The van der Waals surface area contributed by atoms with Crippen molar-refractivity contribution in [3.63, 3.8) is 0 Å². The first kappa shape index (κ1) is 18.2. The average Bonchev–Trinajstić information content (AvgIpc) is 3.46. The van der Waals surface area contributed by atoms with E-state index in [0.29, 0.717) is 33.3 Å². The van der Waals surface area contributed by atoms with E-state index in [4.69, 9.17) is 13.6 Å². The molecule has 28 heavy (non-hydrogen) atoms. The van der Waals surface area contributed by atoms with Gasteiger partial charge in [0, 0.05) is 0 Å². The van der Waals surface area contributed by atoms with E-state index in [9.17, 15) is 9.59 Å². The predicted molar refractivity (Wildman–Crippen MR) is 104 cm³/mol. The molecule has 2 aromatic heterocycles. The summed E-state index contributed by atoms with van der Waals surface area (Å²) < 4.78 is 15.9. The number of furan rings is 2. The number of methoxy groups -OCH3 is 1. The minimum atomic E-state index is -0.339. The molecular weight excluding hydrogens is 378 g/mol. The van der Waals surface area contributed by atoms with Gasteiger partial charge in [-0.25, -0.2) is 0 Å². The predicted octanol–water partition coefficient (Wildman–Crippen LogP) is 4.09. The van der Waals surface area contributed by atoms with Gasteiger partial charge in [0.15, 0.2) is 0 Å². The minimum absolute atomic E-state index is 0.0924. The van der Waals surface area contributed by atoms with Crippen LogP contribution in [0.1, 0.15) is 17.1 Å². The number of hydrogen-bond donors (Lipinski definition) is 0. The van der Waals surface area contributed by atoms with Crippen molar-refractivity contribution in [1.29, 1.82) is 0 Å². The number of carbonyl (C=O) groups excluding carboxylic acids is 2. The van der Waals surface area contributed by atoms with Crippen LogP contribution in [0.15, 0.2) is 74.8 Å². The van der Waals surface area contributed by atoms with Gasteiger partial charge in [0.2, 0.25) is 0 Å². The van der Waals surface area contributed by atoms with E-state index < -0.39 is 0 Å². The Morgan fingerprint density at radius 3 is 2.21 bits per heavy atom. The summed E-state index contributed by atoms with van der Waals surface area (Å²) in [5.74, 6) is 1.75. The Balaban J connectivity index is 1.67. The molecule has 142 valence electrons. The highest BCUT2D eigenvalue weighted by molar-refractivity contribution is 8.03. The van der Waals surface area contributed by atoms with Crippen molar-refractivity contribution in [2.24, 2.45) is 0 Å². The highest BCUT2D eigenvalue weighted by Gasteiger charge is 2.39. The summed E-state index contributed by atoms with van der Waals surface area (Å²) in [5.41, 5.74) is 1.05. The molecule has 0 saturated carbocycles. The van der Waals surface area contributed by atoms with Gasteiger partial charge in [-0.05, 0) is 42.0 Å². The molecule has 0 fully saturated rings. The van der Waals surface area contributed by atoms with E-state index in [1.807, 2.05) is 6.07 Å². The van der Waals surface area contributed by atoms with Crippen LogP contribution in [-0.4, -0.2) is 23.8 Å². The Morgan fingerprint density at radius 1 is 0.929 bits per heavy atom. The average molecular weight is 395 g/mol. The molecule has 0 unspecified atom stereocenters. The normalized spacial score (nSPS) is 14.2. The lowest BCUT2D eigenvalue weighted by molar-refractivity contribution is -0.137. The van der Waals surface area contributed by atoms with Gasteiger partial charge in [-0.3, -0.25) is 14.5 Å². The molecule has 0 radical (unpaired) electrons. The molecule has 7 heteroatoms. The van der Waals surface area contributed by atoms with Crippen LogP contribution in [0, 0.1) is 0 Å². The van der Waals surface area contributed by atoms with Crippen LogP contribution in [0.3, 0.4) is 0 Å². The molecule has 2 amide bonds. The Bertz CT molecular complexity index is 1000. The van der Waals surface area contributed by atoms with Crippen LogP contribution in [0.4, 0.5) is 0 Å². The smallest absolute Gasteiger partial charge is 0.268 e. The maximum Gasteiger partial charge on any atom is 0.268 e. The number of hydrogen-bond acceptors (Lipinski definition) is 6. The van der Waals surface area contributed by atoms with E-state index in [0.717, 1.165) is 5.76 Å². The van der Waals surface area contributed by atoms with Crippen molar-refractivity contribution in [3.8, 4) is 5.75 Å². The van der Waals surface area contributed by atoms with Gasteiger partial charge in [0.05, 0.1) is 42.4 Å². The largest absolute Gasteiger partial charge is 0.497 e. The van der Waals surface area contributed by atoms with Crippen molar-refractivity contribution in [2.45, 2.75) is 12.3 Å². The fourth-order valence-corrected chi connectivity index (χ4v) is 3.97. The maximum absolute atomic E-state index is 13.1. The number of ether oxygens (including phenoxy) is 1. The van der Waals surface area contributed by atoms with Crippen molar-refractivity contribution >= 4 is 29.1 Å². The summed E-state index contributed by atoms with van der Waals surface area (Å²) in [6.07, 6.45) is 3.10. The Labute approximate surface area is 165 Å². The molecule has 0 bridgehead atoms. The maximum atomic E-state index is 13.1. The number of benzene rings is 1. The van der Waals surface area contributed by atoms with Crippen LogP contribution < -0.4 is 4.74 Å². The van der Waals surface area contributed by atoms with E-state index in [-0.39, 0.29) is 18.4 Å². The molecule has 0 spiro atoms. The fourth-order valence-electron chi connectivity index (χ4n) is 2.94. The number of nitrogens with zero attached hydrogens (tertiary/aromatic N) is 1. The zero-order valence-electron chi connectivity index (χ0n) is 15.1. The summed E-state index contributed by atoms with van der Waals surface area (Å²) in [7, 11) is 1.58. The molecule has 4 rings (SSSR count). The Kier molecular flexibility index (Phi) is 5.08. The molecule has 6 nitrogen and oxygen atoms in total. The SMILES string of the molecule is COc1ccc(C2=C(SCc3ccco3)C(=O)N(Cc3ccco3)C2=O)cc1. The lowest BCUT2D eigenvalue weighted by Crippen LogP contribution is -2.30. The fraction of sp³-hybridized carbons (Fsp3) is 0.143. The first-order valence-corrected chi connectivity index (χ1v) is 9.58. The summed E-state index contributed by atoms with van der Waals surface area (Å²) in [6, 6.07) is 14.2. The number of imide groups is 1. The summed E-state index contributed by atoms with van der Waals surface area (Å²) in [4.78, 5) is 27.8. The van der Waals surface area contributed by atoms with Gasteiger partial charge in [-0.15, -0.1) is 11.8 Å². The van der Waals surface area contributed by atoms with E-state index in [2.05, 4.69) is 0 Å². The van der Waals surface area contributed by atoms with Crippen molar-refractivity contribution in [1.82, 2.24) is 4.90 Å². The second-order valence-electron chi connectivity index (χ2n) is 6.08. The summed E-state index contributed by atoms with van der Waals surface area (Å²) >= 11 is 1.29. The van der Waals surface area contributed by atoms with Gasteiger partial charge < -0.3 is 13.6 Å². The van der Waals surface area contributed by atoms with Crippen LogP contribution in [0.25, 0.3) is 5.57 Å². The minimum Gasteiger partial charge on any atom is -0.497 e. The second-order valence-corrected chi connectivity index (χ2v) is 7.06. The Hall–Kier alpha value is -3.19. The summed E-state index contributed by atoms with van der Waals surface area (Å²) in [5, 5.41) is 0. The topological polar surface area (TPSA) is 72.9 Å².